The van der Waals surface area contributed by atoms with Crippen molar-refractivity contribution in [2.24, 2.45) is 0 Å². The van der Waals surface area contributed by atoms with Crippen LogP contribution in [0.3, 0.4) is 0 Å². The standard InChI is InChI=1S/C19H18FN3O2S/c1-3-21-14-6-8-22-18-16(14)12-7-9-23(19(24)17(12)26-18)15-5-4-11(25-2)10-13(15)20/h4,6-10,15H,3,5H2,1-2H3,(H,21,22). The van der Waals surface area contributed by atoms with Gasteiger partial charge in [-0.3, -0.25) is 4.79 Å². The Balaban J connectivity index is 1.88. The van der Waals surface area contributed by atoms with Crippen LogP contribution in [0.15, 0.2) is 53.1 Å². The Morgan fingerprint density at radius 2 is 2.31 bits per heavy atom. The molecule has 1 aliphatic carbocycles. The summed E-state index contributed by atoms with van der Waals surface area (Å²) in [6.45, 7) is 2.80. The van der Waals surface area contributed by atoms with Crippen LogP contribution in [0.2, 0.25) is 0 Å². The number of nitrogens with one attached hydrogen (secondary N) is 1. The van der Waals surface area contributed by atoms with Gasteiger partial charge in [-0.15, -0.1) is 11.3 Å². The van der Waals surface area contributed by atoms with E-state index in [1.807, 2.05) is 19.1 Å². The molecule has 0 saturated heterocycles. The summed E-state index contributed by atoms with van der Waals surface area (Å²) in [7, 11) is 1.50. The summed E-state index contributed by atoms with van der Waals surface area (Å²) in [5.41, 5.74) is 0.757. The molecule has 0 fully saturated rings. The predicted octanol–water partition coefficient (Wildman–Crippen LogP) is 4.37. The van der Waals surface area contributed by atoms with Gasteiger partial charge in [0.15, 0.2) is 0 Å². The third kappa shape index (κ3) is 2.59. The van der Waals surface area contributed by atoms with Crippen molar-refractivity contribution >= 4 is 37.3 Å². The number of hydrogen-bond acceptors (Lipinski definition) is 5. The molecule has 5 nitrogen and oxygen atoms in total. The van der Waals surface area contributed by atoms with E-state index >= 15 is 0 Å². The number of ether oxygens (including phenoxy) is 1. The first-order valence-corrected chi connectivity index (χ1v) is 9.23. The van der Waals surface area contributed by atoms with E-state index in [-0.39, 0.29) is 11.4 Å². The topological polar surface area (TPSA) is 56.2 Å². The zero-order valence-electron chi connectivity index (χ0n) is 14.5. The molecule has 3 heterocycles. The van der Waals surface area contributed by atoms with Crippen molar-refractivity contribution in [3.8, 4) is 0 Å². The molecule has 4 rings (SSSR count). The Morgan fingerprint density at radius 3 is 3.04 bits per heavy atom. The van der Waals surface area contributed by atoms with Crippen molar-refractivity contribution in [1.29, 1.82) is 0 Å². The van der Waals surface area contributed by atoms with Crippen LogP contribution in [0.4, 0.5) is 10.1 Å². The molecule has 1 atom stereocenters. The van der Waals surface area contributed by atoms with Gasteiger partial charge in [0.05, 0.1) is 13.2 Å². The van der Waals surface area contributed by atoms with Crippen molar-refractivity contribution in [2.45, 2.75) is 19.4 Å². The molecule has 0 amide bonds. The summed E-state index contributed by atoms with van der Waals surface area (Å²) < 4.78 is 21.6. The van der Waals surface area contributed by atoms with Crippen LogP contribution in [0.1, 0.15) is 19.4 Å². The van der Waals surface area contributed by atoms with Gasteiger partial charge in [0.2, 0.25) is 0 Å². The van der Waals surface area contributed by atoms with E-state index in [9.17, 15) is 9.18 Å². The van der Waals surface area contributed by atoms with Crippen molar-refractivity contribution in [2.75, 3.05) is 19.0 Å². The molecule has 1 aliphatic rings. The molecule has 0 radical (unpaired) electrons. The van der Waals surface area contributed by atoms with E-state index in [1.54, 1.807) is 18.5 Å². The van der Waals surface area contributed by atoms with Crippen LogP contribution in [0.5, 0.6) is 0 Å². The van der Waals surface area contributed by atoms with Gasteiger partial charge in [0.1, 0.15) is 21.1 Å². The Kier molecular flexibility index (Phi) is 4.24. The smallest absolute Gasteiger partial charge is 0.269 e. The molecule has 1 unspecified atom stereocenters. The molecular formula is C19H18FN3O2S. The van der Waals surface area contributed by atoms with E-state index < -0.39 is 6.04 Å². The summed E-state index contributed by atoms with van der Waals surface area (Å²) in [4.78, 5) is 18.2. The van der Waals surface area contributed by atoms with Crippen LogP contribution < -0.4 is 10.9 Å². The fourth-order valence-electron chi connectivity index (χ4n) is 3.31. The van der Waals surface area contributed by atoms with Gasteiger partial charge < -0.3 is 14.6 Å². The highest BCUT2D eigenvalue weighted by atomic mass is 32.1. The van der Waals surface area contributed by atoms with Crippen molar-refractivity contribution < 1.29 is 9.13 Å². The highest BCUT2D eigenvalue weighted by molar-refractivity contribution is 7.25. The van der Waals surface area contributed by atoms with Gasteiger partial charge in [-0.2, -0.15) is 0 Å². The lowest BCUT2D eigenvalue weighted by molar-refractivity contribution is 0.293. The minimum absolute atomic E-state index is 0.198. The van der Waals surface area contributed by atoms with Crippen LogP contribution in [-0.2, 0) is 4.74 Å². The molecule has 0 saturated carbocycles. The summed E-state index contributed by atoms with van der Waals surface area (Å²) >= 11 is 1.35. The van der Waals surface area contributed by atoms with Gasteiger partial charge in [-0.05, 0) is 31.6 Å². The monoisotopic (exact) mass is 371 g/mol. The number of aromatic nitrogens is 2. The molecule has 3 aromatic heterocycles. The first-order chi connectivity index (χ1) is 12.6. The van der Waals surface area contributed by atoms with E-state index in [0.29, 0.717) is 16.9 Å². The number of thiophene rings is 1. The number of anilines is 1. The molecule has 0 bridgehead atoms. The fourth-order valence-corrected chi connectivity index (χ4v) is 4.41. The molecule has 134 valence electrons. The molecule has 26 heavy (non-hydrogen) atoms. The molecule has 7 heteroatoms. The number of fused-ring (bicyclic) bond motifs is 3. The zero-order valence-corrected chi connectivity index (χ0v) is 15.3. The molecule has 3 aromatic rings. The lowest BCUT2D eigenvalue weighted by Crippen LogP contribution is -2.25. The van der Waals surface area contributed by atoms with Gasteiger partial charge in [0, 0.05) is 41.5 Å². The summed E-state index contributed by atoms with van der Waals surface area (Å²) in [6, 6.07) is 3.14. The first-order valence-electron chi connectivity index (χ1n) is 8.41. The normalized spacial score (nSPS) is 17.3. The second-order valence-electron chi connectivity index (χ2n) is 6.03. The molecular weight excluding hydrogens is 353 g/mol. The fraction of sp³-hybridized carbons (Fsp3) is 0.263. The van der Waals surface area contributed by atoms with Gasteiger partial charge in [-0.1, -0.05) is 0 Å². The Hall–Kier alpha value is -2.67. The second kappa shape index (κ2) is 6.57. The minimum Gasteiger partial charge on any atom is -0.497 e. The molecule has 0 aromatic carbocycles. The van der Waals surface area contributed by atoms with Gasteiger partial charge >= 0.3 is 0 Å². The van der Waals surface area contributed by atoms with Crippen LogP contribution in [0.25, 0.3) is 20.3 Å². The van der Waals surface area contributed by atoms with E-state index in [0.717, 1.165) is 27.8 Å². The van der Waals surface area contributed by atoms with Crippen molar-refractivity contribution in [1.82, 2.24) is 9.55 Å². The quantitative estimate of drug-likeness (QED) is 0.740. The van der Waals surface area contributed by atoms with Crippen molar-refractivity contribution in [3.05, 3.63) is 58.6 Å². The predicted molar refractivity (Wildman–Crippen MR) is 103 cm³/mol. The highest BCUT2D eigenvalue weighted by Crippen LogP contribution is 2.36. The second-order valence-corrected chi connectivity index (χ2v) is 7.03. The van der Waals surface area contributed by atoms with Gasteiger partial charge in [-0.25, -0.2) is 9.37 Å². The maximum Gasteiger partial charge on any atom is 0.269 e. The average molecular weight is 371 g/mol. The number of pyridine rings is 2. The maximum absolute atomic E-state index is 14.5. The molecule has 0 spiro atoms. The summed E-state index contributed by atoms with van der Waals surface area (Å²) in [6.07, 6.45) is 6.90. The van der Waals surface area contributed by atoms with Crippen LogP contribution in [0, 0.1) is 0 Å². The lowest BCUT2D eigenvalue weighted by atomic mass is 10.1. The lowest BCUT2D eigenvalue weighted by Gasteiger charge is -2.20. The largest absolute Gasteiger partial charge is 0.497 e. The Bertz CT molecular complexity index is 1110. The number of nitrogens with zero attached hydrogens (tertiary/aromatic N) is 2. The maximum atomic E-state index is 14.5. The van der Waals surface area contributed by atoms with Crippen LogP contribution >= 0.6 is 11.3 Å². The van der Waals surface area contributed by atoms with E-state index in [1.165, 1.54) is 29.1 Å². The first kappa shape index (κ1) is 16.8. The molecule has 1 N–H and O–H groups in total. The highest BCUT2D eigenvalue weighted by Gasteiger charge is 2.23. The van der Waals surface area contributed by atoms with E-state index in [2.05, 4.69) is 10.3 Å². The third-order valence-electron chi connectivity index (χ3n) is 4.54. The number of rotatable bonds is 4. The summed E-state index contributed by atoms with van der Waals surface area (Å²) in [5, 5.41) is 5.11. The molecule has 0 aliphatic heterocycles. The zero-order chi connectivity index (χ0) is 18.3. The summed E-state index contributed by atoms with van der Waals surface area (Å²) in [5.74, 6) is 0.104. The minimum atomic E-state index is -0.641. The number of hydrogen-bond donors (Lipinski definition) is 1. The third-order valence-corrected chi connectivity index (χ3v) is 5.64. The van der Waals surface area contributed by atoms with Crippen LogP contribution in [-0.4, -0.2) is 23.2 Å². The van der Waals surface area contributed by atoms with Crippen molar-refractivity contribution in [3.63, 3.8) is 0 Å². The average Bonchev–Trinajstić information content (AvgIpc) is 3.03. The number of halogens is 1. The van der Waals surface area contributed by atoms with Gasteiger partial charge in [0.25, 0.3) is 5.56 Å². The van der Waals surface area contributed by atoms with E-state index in [4.69, 9.17) is 4.74 Å². The number of methoxy groups -OCH3 is 1. The Morgan fingerprint density at radius 1 is 1.46 bits per heavy atom. The Labute approximate surface area is 153 Å². The number of allylic oxidation sites excluding steroid dienone is 3. The SMILES string of the molecule is CCNc1ccnc2sc3c(=O)n(C4CC=C(OC)C=C4F)ccc3c12.